The van der Waals surface area contributed by atoms with E-state index in [4.69, 9.17) is 5.26 Å². The zero-order valence-corrected chi connectivity index (χ0v) is 11.9. The highest BCUT2D eigenvalue weighted by atomic mass is 32.2. The van der Waals surface area contributed by atoms with Crippen molar-refractivity contribution in [3.63, 3.8) is 0 Å². The fraction of sp³-hybridized carbons (Fsp3) is 0.0714. The molecule has 0 bridgehead atoms. The Labute approximate surface area is 125 Å². The van der Waals surface area contributed by atoms with Crippen LogP contribution in [0.1, 0.15) is 5.69 Å². The van der Waals surface area contributed by atoms with Gasteiger partial charge in [-0.05, 0) is 36.0 Å². The summed E-state index contributed by atoms with van der Waals surface area (Å²) in [6.45, 7) is 0. The van der Waals surface area contributed by atoms with E-state index in [1.807, 2.05) is 35.9 Å². The first kappa shape index (κ1) is 13.3. The van der Waals surface area contributed by atoms with Crippen molar-refractivity contribution in [3.8, 4) is 17.5 Å². The van der Waals surface area contributed by atoms with Gasteiger partial charge in [0.1, 0.15) is 16.8 Å². The third-order valence-corrected chi connectivity index (χ3v) is 3.78. The molecule has 0 aliphatic rings. The molecule has 3 aromatic rings. The fourth-order valence-corrected chi connectivity index (χ4v) is 2.57. The largest absolute Gasteiger partial charge is 0.305 e. The number of pyridine rings is 2. The molecule has 0 N–H and O–H groups in total. The van der Waals surface area contributed by atoms with Crippen molar-refractivity contribution < 1.29 is 0 Å². The van der Waals surface area contributed by atoms with Crippen LogP contribution in [0.3, 0.4) is 0 Å². The molecule has 102 valence electrons. The zero-order valence-electron chi connectivity index (χ0n) is 11.1. The molecule has 0 spiro atoms. The molecule has 6 nitrogen and oxygen atoms in total. The van der Waals surface area contributed by atoms with Crippen LogP contribution in [0, 0.1) is 11.3 Å². The summed E-state index contributed by atoms with van der Waals surface area (Å²) in [5.41, 5.74) is 1.34. The van der Waals surface area contributed by atoms with E-state index in [2.05, 4.69) is 20.2 Å². The zero-order chi connectivity index (χ0) is 14.7. The second-order valence-electron chi connectivity index (χ2n) is 4.18. The minimum Gasteiger partial charge on any atom is -0.305 e. The molecule has 3 rings (SSSR count). The van der Waals surface area contributed by atoms with E-state index in [0.717, 1.165) is 11.4 Å². The molecular weight excluding hydrogens is 284 g/mol. The molecular formula is C14H10N6S. The van der Waals surface area contributed by atoms with E-state index < -0.39 is 0 Å². The van der Waals surface area contributed by atoms with Crippen molar-refractivity contribution >= 4 is 11.8 Å². The highest BCUT2D eigenvalue weighted by Gasteiger charge is 2.12. The number of hydrogen-bond acceptors (Lipinski definition) is 6. The summed E-state index contributed by atoms with van der Waals surface area (Å²) in [6.07, 6.45) is 3.43. The van der Waals surface area contributed by atoms with Gasteiger partial charge in [0.25, 0.3) is 0 Å². The van der Waals surface area contributed by atoms with Crippen molar-refractivity contribution in [2.75, 3.05) is 0 Å². The van der Waals surface area contributed by atoms with E-state index in [1.165, 1.54) is 11.8 Å². The second-order valence-corrected chi connectivity index (χ2v) is 5.16. The van der Waals surface area contributed by atoms with Crippen molar-refractivity contribution in [2.45, 2.75) is 10.2 Å². The molecule has 0 atom stereocenters. The molecule has 0 aromatic carbocycles. The van der Waals surface area contributed by atoms with Crippen molar-refractivity contribution in [1.29, 1.82) is 5.26 Å². The van der Waals surface area contributed by atoms with Gasteiger partial charge in [-0.25, -0.2) is 4.98 Å². The number of aromatic nitrogens is 5. The van der Waals surface area contributed by atoms with Crippen LogP contribution in [-0.4, -0.2) is 24.7 Å². The number of rotatable bonds is 3. The first-order valence-corrected chi connectivity index (χ1v) is 6.94. The summed E-state index contributed by atoms with van der Waals surface area (Å²) in [5.74, 6) is 0.760. The number of nitrogens with zero attached hydrogens (tertiary/aromatic N) is 6. The lowest BCUT2D eigenvalue weighted by atomic mass is 10.2. The second kappa shape index (κ2) is 5.73. The monoisotopic (exact) mass is 294 g/mol. The van der Waals surface area contributed by atoms with Gasteiger partial charge in [0.15, 0.2) is 11.0 Å². The molecule has 7 heteroatoms. The normalized spacial score (nSPS) is 10.3. The summed E-state index contributed by atoms with van der Waals surface area (Å²) in [4.78, 5) is 8.21. The predicted molar refractivity (Wildman–Crippen MR) is 77.3 cm³/mol. The molecule has 0 radical (unpaired) electrons. The van der Waals surface area contributed by atoms with Crippen LogP contribution in [0.2, 0.25) is 0 Å². The third kappa shape index (κ3) is 2.75. The molecule has 0 unspecified atom stereocenters. The molecule has 3 aromatic heterocycles. The maximum absolute atomic E-state index is 8.87. The van der Waals surface area contributed by atoms with E-state index in [9.17, 15) is 0 Å². The predicted octanol–water partition coefficient (Wildman–Crippen LogP) is 2.29. The van der Waals surface area contributed by atoms with Gasteiger partial charge < -0.3 is 4.57 Å². The molecule has 0 aliphatic carbocycles. The van der Waals surface area contributed by atoms with Gasteiger partial charge in [-0.15, -0.1) is 10.2 Å². The highest BCUT2D eigenvalue weighted by molar-refractivity contribution is 7.99. The fourth-order valence-electron chi connectivity index (χ4n) is 1.78. The Morgan fingerprint density at radius 2 is 1.95 bits per heavy atom. The Balaban J connectivity index is 1.91. The maximum Gasteiger partial charge on any atom is 0.197 e. The SMILES string of the molecule is Cn1c(Sc2cccc(C#N)n2)nnc1-c1ccncc1. The van der Waals surface area contributed by atoms with Gasteiger partial charge in [0, 0.05) is 25.0 Å². The lowest BCUT2D eigenvalue weighted by Gasteiger charge is -2.03. The number of nitriles is 1. The van der Waals surface area contributed by atoms with Crippen molar-refractivity contribution in [2.24, 2.45) is 7.05 Å². The first-order chi connectivity index (χ1) is 10.3. The van der Waals surface area contributed by atoms with Crippen LogP contribution in [0.5, 0.6) is 0 Å². The molecule has 21 heavy (non-hydrogen) atoms. The summed E-state index contributed by atoms with van der Waals surface area (Å²) in [6, 6.07) is 11.1. The smallest absolute Gasteiger partial charge is 0.197 e. The van der Waals surface area contributed by atoms with E-state index >= 15 is 0 Å². The Morgan fingerprint density at radius 1 is 1.14 bits per heavy atom. The molecule has 0 aliphatic heterocycles. The summed E-state index contributed by atoms with van der Waals surface area (Å²) in [7, 11) is 1.90. The highest BCUT2D eigenvalue weighted by Crippen LogP contribution is 2.27. The van der Waals surface area contributed by atoms with Gasteiger partial charge >= 0.3 is 0 Å². The Morgan fingerprint density at radius 3 is 2.71 bits per heavy atom. The number of hydrogen-bond donors (Lipinski definition) is 0. The quantitative estimate of drug-likeness (QED) is 0.737. The van der Waals surface area contributed by atoms with Gasteiger partial charge in [-0.2, -0.15) is 5.26 Å². The summed E-state index contributed by atoms with van der Waals surface area (Å²) < 4.78 is 1.89. The topological polar surface area (TPSA) is 80.3 Å². The molecule has 3 heterocycles. The van der Waals surface area contributed by atoms with Crippen molar-refractivity contribution in [3.05, 3.63) is 48.4 Å². The van der Waals surface area contributed by atoms with Gasteiger partial charge in [0.05, 0.1) is 0 Å². The average molecular weight is 294 g/mol. The Hall–Kier alpha value is -2.72. The van der Waals surface area contributed by atoms with E-state index in [0.29, 0.717) is 15.9 Å². The van der Waals surface area contributed by atoms with Crippen LogP contribution in [0.25, 0.3) is 11.4 Å². The minimum atomic E-state index is 0.386. The molecule has 0 fully saturated rings. The molecule has 0 saturated carbocycles. The molecule has 0 saturated heterocycles. The van der Waals surface area contributed by atoms with Crippen LogP contribution >= 0.6 is 11.8 Å². The maximum atomic E-state index is 8.87. The summed E-state index contributed by atoms with van der Waals surface area (Å²) >= 11 is 1.37. The molecule has 0 amide bonds. The van der Waals surface area contributed by atoms with Crippen LogP contribution in [-0.2, 0) is 7.05 Å². The van der Waals surface area contributed by atoms with Gasteiger partial charge in [-0.1, -0.05) is 6.07 Å². The standard InChI is InChI=1S/C14H10N6S/c1-20-13(10-5-7-16-8-6-10)18-19-14(20)21-12-4-2-3-11(9-15)17-12/h2-8H,1H3. The minimum absolute atomic E-state index is 0.386. The van der Waals surface area contributed by atoms with E-state index in [-0.39, 0.29) is 0 Å². The van der Waals surface area contributed by atoms with Crippen LogP contribution in [0.15, 0.2) is 52.9 Å². The third-order valence-electron chi connectivity index (χ3n) is 2.81. The average Bonchev–Trinajstić information content (AvgIpc) is 2.89. The Bertz CT molecular complexity index is 806. The summed E-state index contributed by atoms with van der Waals surface area (Å²) in [5, 5.41) is 18.7. The first-order valence-electron chi connectivity index (χ1n) is 6.13. The lowest BCUT2D eigenvalue weighted by molar-refractivity contribution is 0.792. The van der Waals surface area contributed by atoms with Gasteiger partial charge in [-0.3, -0.25) is 4.98 Å². The Kier molecular flexibility index (Phi) is 3.62. The van der Waals surface area contributed by atoms with Crippen molar-refractivity contribution in [1.82, 2.24) is 24.7 Å². The lowest BCUT2D eigenvalue weighted by Crippen LogP contribution is -1.95. The van der Waals surface area contributed by atoms with E-state index in [1.54, 1.807) is 24.5 Å². The van der Waals surface area contributed by atoms with Crippen LogP contribution in [0.4, 0.5) is 0 Å². The van der Waals surface area contributed by atoms with Crippen LogP contribution < -0.4 is 0 Å². The van der Waals surface area contributed by atoms with Gasteiger partial charge in [0.2, 0.25) is 0 Å².